The maximum absolute atomic E-state index is 13.3. The second kappa shape index (κ2) is 9.69. The first-order valence-corrected chi connectivity index (χ1v) is 11.2. The summed E-state index contributed by atoms with van der Waals surface area (Å²) in [5.74, 6) is -0.303. The summed E-state index contributed by atoms with van der Waals surface area (Å²) < 4.78 is 0. The number of hydrogen-bond acceptors (Lipinski definition) is 3. The lowest BCUT2D eigenvalue weighted by atomic mass is 10.0. The molecule has 6 nitrogen and oxygen atoms in total. The molecule has 3 aromatic carbocycles. The van der Waals surface area contributed by atoms with Crippen molar-refractivity contribution < 1.29 is 9.59 Å². The number of benzodiazepines with no additional fused rings is 1. The number of fused-ring (bicyclic) bond motifs is 1. The summed E-state index contributed by atoms with van der Waals surface area (Å²) in [5.41, 5.74) is 6.03. The standard InChI is InChI=1S/C27H28N4O2/c1-4-18-14-11-15-19(5-2)23(18)29-27(33)30-25-26(32)31(3)22-17-10-9-16-21(22)24(28-25)20-12-7-6-8-13-20/h6-17,25H,4-5H2,1-3H3,(H2,29,30,33). The first-order valence-electron chi connectivity index (χ1n) is 11.2. The van der Waals surface area contributed by atoms with Gasteiger partial charge in [-0.2, -0.15) is 0 Å². The molecule has 1 heterocycles. The number of aryl methyl sites for hydroxylation is 2. The Morgan fingerprint density at radius 3 is 2.21 bits per heavy atom. The van der Waals surface area contributed by atoms with Crippen LogP contribution in [0.15, 0.2) is 77.8 Å². The van der Waals surface area contributed by atoms with Gasteiger partial charge in [-0.25, -0.2) is 9.79 Å². The fraction of sp³-hybridized carbons (Fsp3) is 0.222. The second-order valence-corrected chi connectivity index (χ2v) is 7.92. The first-order chi connectivity index (χ1) is 16.0. The number of rotatable bonds is 5. The smallest absolute Gasteiger partial charge is 0.311 e. The van der Waals surface area contributed by atoms with E-state index in [-0.39, 0.29) is 5.91 Å². The van der Waals surface area contributed by atoms with Gasteiger partial charge in [0.2, 0.25) is 6.17 Å². The van der Waals surface area contributed by atoms with Crippen molar-refractivity contribution in [2.75, 3.05) is 17.3 Å². The van der Waals surface area contributed by atoms with Crippen LogP contribution in [-0.4, -0.2) is 30.9 Å². The summed E-state index contributed by atoms with van der Waals surface area (Å²) in [7, 11) is 1.71. The molecule has 0 radical (unpaired) electrons. The average Bonchev–Trinajstić information content (AvgIpc) is 2.95. The third-order valence-electron chi connectivity index (χ3n) is 5.90. The predicted molar refractivity (Wildman–Crippen MR) is 133 cm³/mol. The van der Waals surface area contributed by atoms with E-state index in [0.29, 0.717) is 5.71 Å². The highest BCUT2D eigenvalue weighted by molar-refractivity contribution is 6.20. The topological polar surface area (TPSA) is 73.8 Å². The number of urea groups is 1. The van der Waals surface area contributed by atoms with Crippen molar-refractivity contribution in [1.29, 1.82) is 0 Å². The molecule has 1 atom stereocenters. The molecular weight excluding hydrogens is 412 g/mol. The summed E-state index contributed by atoms with van der Waals surface area (Å²) >= 11 is 0. The molecular formula is C27H28N4O2. The maximum atomic E-state index is 13.3. The largest absolute Gasteiger partial charge is 0.321 e. The number of nitrogens with one attached hydrogen (secondary N) is 2. The molecule has 2 N–H and O–H groups in total. The molecule has 1 aliphatic heterocycles. The van der Waals surface area contributed by atoms with E-state index in [1.165, 1.54) is 0 Å². The van der Waals surface area contributed by atoms with E-state index >= 15 is 0 Å². The van der Waals surface area contributed by atoms with Crippen LogP contribution in [0, 0.1) is 0 Å². The van der Waals surface area contributed by atoms with E-state index in [0.717, 1.165) is 46.5 Å². The minimum absolute atomic E-state index is 0.303. The van der Waals surface area contributed by atoms with Crippen molar-refractivity contribution >= 4 is 29.0 Å². The van der Waals surface area contributed by atoms with Gasteiger partial charge in [0.25, 0.3) is 5.91 Å². The Balaban J connectivity index is 1.69. The third kappa shape index (κ3) is 4.51. The van der Waals surface area contributed by atoms with Crippen LogP contribution in [0.25, 0.3) is 0 Å². The molecule has 0 aromatic heterocycles. The Bertz CT molecular complexity index is 1180. The molecule has 0 saturated heterocycles. The highest BCUT2D eigenvalue weighted by Gasteiger charge is 2.31. The highest BCUT2D eigenvalue weighted by Crippen LogP contribution is 2.27. The van der Waals surface area contributed by atoms with Gasteiger partial charge in [-0.05, 0) is 30.0 Å². The number of nitrogens with zero attached hydrogens (tertiary/aromatic N) is 2. The van der Waals surface area contributed by atoms with Gasteiger partial charge in [0, 0.05) is 23.9 Å². The fourth-order valence-electron chi connectivity index (χ4n) is 4.12. The Kier molecular flexibility index (Phi) is 6.54. The minimum atomic E-state index is -1.06. The number of carbonyl (C=O) groups is 2. The highest BCUT2D eigenvalue weighted by atomic mass is 16.2. The lowest BCUT2D eigenvalue weighted by Crippen LogP contribution is -2.47. The van der Waals surface area contributed by atoms with Crippen molar-refractivity contribution in [3.8, 4) is 0 Å². The van der Waals surface area contributed by atoms with Crippen LogP contribution in [0.1, 0.15) is 36.1 Å². The van der Waals surface area contributed by atoms with Crippen LogP contribution in [0.5, 0.6) is 0 Å². The van der Waals surface area contributed by atoms with E-state index in [9.17, 15) is 9.59 Å². The molecule has 1 aliphatic rings. The monoisotopic (exact) mass is 440 g/mol. The van der Waals surface area contributed by atoms with Crippen LogP contribution >= 0.6 is 0 Å². The van der Waals surface area contributed by atoms with Crippen molar-refractivity contribution in [3.63, 3.8) is 0 Å². The summed E-state index contributed by atoms with van der Waals surface area (Å²) in [6.07, 6.45) is 0.525. The molecule has 33 heavy (non-hydrogen) atoms. The number of anilines is 2. The molecule has 1 unspecified atom stereocenters. The maximum Gasteiger partial charge on any atom is 0.321 e. The molecule has 0 aliphatic carbocycles. The number of likely N-dealkylation sites (N-methyl/N-ethyl adjacent to an activating group) is 1. The van der Waals surface area contributed by atoms with Crippen LogP contribution in [0.3, 0.4) is 0 Å². The fourth-order valence-corrected chi connectivity index (χ4v) is 4.12. The van der Waals surface area contributed by atoms with Crippen molar-refractivity contribution in [3.05, 3.63) is 95.1 Å². The lowest BCUT2D eigenvalue weighted by Gasteiger charge is -2.21. The molecule has 3 amide bonds. The van der Waals surface area contributed by atoms with E-state index in [4.69, 9.17) is 4.99 Å². The predicted octanol–water partition coefficient (Wildman–Crippen LogP) is 4.77. The number of amides is 3. The van der Waals surface area contributed by atoms with E-state index in [2.05, 4.69) is 24.5 Å². The third-order valence-corrected chi connectivity index (χ3v) is 5.90. The molecule has 3 aromatic rings. The zero-order valence-corrected chi connectivity index (χ0v) is 19.1. The van der Waals surface area contributed by atoms with Gasteiger partial charge < -0.3 is 15.5 Å². The van der Waals surface area contributed by atoms with Crippen molar-refractivity contribution in [2.45, 2.75) is 32.9 Å². The van der Waals surface area contributed by atoms with Crippen molar-refractivity contribution in [2.24, 2.45) is 4.99 Å². The van der Waals surface area contributed by atoms with E-state index in [1.807, 2.05) is 72.8 Å². The van der Waals surface area contributed by atoms with Crippen LogP contribution in [0.2, 0.25) is 0 Å². The molecule has 168 valence electrons. The van der Waals surface area contributed by atoms with Gasteiger partial charge in [-0.3, -0.25) is 4.79 Å². The Labute approximate surface area is 194 Å². The summed E-state index contributed by atoms with van der Waals surface area (Å²) in [4.78, 5) is 32.6. The number of hydrogen-bond donors (Lipinski definition) is 2. The van der Waals surface area contributed by atoms with Crippen LogP contribution < -0.4 is 15.5 Å². The van der Waals surface area contributed by atoms with Gasteiger partial charge in [-0.15, -0.1) is 0 Å². The Morgan fingerprint density at radius 2 is 1.55 bits per heavy atom. The molecule has 0 saturated carbocycles. The molecule has 0 fully saturated rings. The first kappa shape index (κ1) is 22.3. The molecule has 6 heteroatoms. The number of aliphatic imine (C=N–C) groups is 1. The van der Waals surface area contributed by atoms with Crippen molar-refractivity contribution in [1.82, 2.24) is 5.32 Å². The van der Waals surface area contributed by atoms with Gasteiger partial charge in [-0.1, -0.05) is 80.6 Å². The van der Waals surface area contributed by atoms with E-state index in [1.54, 1.807) is 11.9 Å². The number of para-hydroxylation sites is 2. The summed E-state index contributed by atoms with van der Waals surface area (Å²) in [6, 6.07) is 22.9. The molecule has 0 bridgehead atoms. The van der Waals surface area contributed by atoms with Gasteiger partial charge in [0.15, 0.2) is 0 Å². The zero-order valence-electron chi connectivity index (χ0n) is 19.1. The quantitative estimate of drug-likeness (QED) is 0.600. The zero-order chi connectivity index (χ0) is 23.4. The SMILES string of the molecule is CCc1cccc(CC)c1NC(=O)NC1N=C(c2ccccc2)c2ccccc2N(C)C1=O. The normalized spacial score (nSPS) is 15.4. The Morgan fingerprint density at radius 1 is 0.909 bits per heavy atom. The lowest BCUT2D eigenvalue weighted by molar-refractivity contribution is -0.119. The van der Waals surface area contributed by atoms with Crippen LogP contribution in [0.4, 0.5) is 16.2 Å². The summed E-state index contributed by atoms with van der Waals surface area (Å²) in [5, 5.41) is 5.77. The summed E-state index contributed by atoms with van der Waals surface area (Å²) in [6.45, 7) is 4.10. The van der Waals surface area contributed by atoms with Crippen LogP contribution in [-0.2, 0) is 17.6 Å². The van der Waals surface area contributed by atoms with Gasteiger partial charge in [0.05, 0.1) is 11.4 Å². The molecule has 4 rings (SSSR count). The average molecular weight is 441 g/mol. The van der Waals surface area contributed by atoms with Gasteiger partial charge in [0.1, 0.15) is 0 Å². The minimum Gasteiger partial charge on any atom is -0.311 e. The molecule has 0 spiro atoms. The van der Waals surface area contributed by atoms with Gasteiger partial charge >= 0.3 is 6.03 Å². The Hall–Kier alpha value is -3.93. The number of benzene rings is 3. The number of carbonyl (C=O) groups excluding carboxylic acids is 2. The van der Waals surface area contributed by atoms with E-state index < -0.39 is 12.2 Å². The second-order valence-electron chi connectivity index (χ2n) is 7.92.